The zero-order valence-electron chi connectivity index (χ0n) is 13.0. The fraction of sp³-hybridized carbons (Fsp3) is 0.353. The number of ether oxygens (including phenoxy) is 2. The summed E-state index contributed by atoms with van der Waals surface area (Å²) in [5, 5.41) is 0. The van der Waals surface area contributed by atoms with Gasteiger partial charge in [-0.2, -0.15) is 0 Å². The number of methoxy groups -OCH3 is 2. The summed E-state index contributed by atoms with van der Waals surface area (Å²) in [5.41, 5.74) is 2.43. The third-order valence-corrected chi connectivity index (χ3v) is 3.57. The molecule has 4 heteroatoms. The molecule has 2 aromatic rings. The van der Waals surface area contributed by atoms with Gasteiger partial charge < -0.3 is 14.4 Å². The van der Waals surface area contributed by atoms with Crippen LogP contribution < -0.4 is 19.4 Å². The second-order valence-electron chi connectivity index (χ2n) is 5.17. The summed E-state index contributed by atoms with van der Waals surface area (Å²) in [6, 6.07) is 12.2. The summed E-state index contributed by atoms with van der Waals surface area (Å²) in [7, 11) is 5.56. The van der Waals surface area contributed by atoms with E-state index >= 15 is 0 Å². The lowest BCUT2D eigenvalue weighted by Crippen LogP contribution is -3.07. The van der Waals surface area contributed by atoms with Crippen LogP contribution in [-0.2, 0) is 13.0 Å². The maximum atomic E-state index is 5.49. The van der Waals surface area contributed by atoms with Gasteiger partial charge in [0.1, 0.15) is 6.54 Å². The lowest BCUT2D eigenvalue weighted by Gasteiger charge is -2.16. The van der Waals surface area contributed by atoms with Gasteiger partial charge in [-0.05, 0) is 12.1 Å². The highest BCUT2D eigenvalue weighted by Gasteiger charge is 2.14. The Bertz CT molecular complexity index is 558. The molecule has 0 saturated carbocycles. The highest BCUT2D eigenvalue weighted by atomic mass is 16.5. The first kappa shape index (κ1) is 15.3. The van der Waals surface area contributed by atoms with Crippen molar-refractivity contribution in [2.75, 3.05) is 27.8 Å². The summed E-state index contributed by atoms with van der Waals surface area (Å²) in [4.78, 5) is 4.70. The van der Waals surface area contributed by atoms with Crippen molar-refractivity contribution in [2.45, 2.75) is 13.0 Å². The molecule has 0 radical (unpaired) electrons. The number of aromatic amines is 1. The number of benzene rings is 1. The Morgan fingerprint density at radius 2 is 1.90 bits per heavy atom. The summed E-state index contributed by atoms with van der Waals surface area (Å²) >= 11 is 0. The molecule has 1 aromatic heterocycles. The van der Waals surface area contributed by atoms with E-state index in [1.807, 2.05) is 24.4 Å². The lowest BCUT2D eigenvalue weighted by atomic mass is 10.1. The quantitative estimate of drug-likeness (QED) is 0.817. The van der Waals surface area contributed by atoms with Gasteiger partial charge in [-0.1, -0.05) is 12.1 Å². The van der Waals surface area contributed by atoms with Gasteiger partial charge in [-0.15, -0.1) is 0 Å². The number of hydrogen-bond donors (Lipinski definition) is 1. The van der Waals surface area contributed by atoms with Crippen molar-refractivity contribution in [3.05, 3.63) is 53.9 Å². The average Bonchev–Trinajstić information content (AvgIpc) is 2.53. The summed E-state index contributed by atoms with van der Waals surface area (Å²) in [5.74, 6) is 1.63. The fourth-order valence-electron chi connectivity index (χ4n) is 2.44. The van der Waals surface area contributed by atoms with Crippen molar-refractivity contribution in [3.63, 3.8) is 0 Å². The molecule has 1 heterocycles. The van der Waals surface area contributed by atoms with E-state index in [1.54, 1.807) is 14.2 Å². The molecule has 0 aliphatic rings. The molecule has 0 aliphatic carbocycles. The molecule has 0 saturated heterocycles. The normalized spacial score (nSPS) is 12.0. The zero-order valence-corrected chi connectivity index (χ0v) is 13.0. The third-order valence-electron chi connectivity index (χ3n) is 3.57. The minimum absolute atomic E-state index is 0.791. The molecule has 1 aromatic carbocycles. The van der Waals surface area contributed by atoms with E-state index in [9.17, 15) is 0 Å². The molecule has 0 bridgehead atoms. The average molecular weight is 288 g/mol. The Kier molecular flexibility index (Phi) is 5.58. The number of rotatable bonds is 7. The Balaban J connectivity index is 1.98. The molecule has 2 rings (SSSR count). The van der Waals surface area contributed by atoms with Crippen LogP contribution in [0.3, 0.4) is 0 Å². The number of quaternary nitrogens is 1. The smallest absolute Gasteiger partial charge is 0.185 e. The molecular weight excluding hydrogens is 264 g/mol. The molecule has 1 atom stereocenters. The molecule has 2 N–H and O–H groups in total. The van der Waals surface area contributed by atoms with E-state index in [0.717, 1.165) is 31.0 Å². The molecule has 0 amide bonds. The van der Waals surface area contributed by atoms with Crippen molar-refractivity contribution >= 4 is 0 Å². The predicted molar refractivity (Wildman–Crippen MR) is 81.7 cm³/mol. The fourth-order valence-corrected chi connectivity index (χ4v) is 2.44. The van der Waals surface area contributed by atoms with Crippen LogP contribution in [0.4, 0.5) is 0 Å². The summed E-state index contributed by atoms with van der Waals surface area (Å²) < 4.78 is 10.8. The van der Waals surface area contributed by atoms with Gasteiger partial charge in [0, 0.05) is 12.1 Å². The number of hydrogen-bond acceptors (Lipinski definition) is 2. The van der Waals surface area contributed by atoms with E-state index in [0.29, 0.717) is 0 Å². The molecule has 0 fully saturated rings. The molecule has 4 nitrogen and oxygen atoms in total. The molecule has 21 heavy (non-hydrogen) atoms. The van der Waals surface area contributed by atoms with Crippen LogP contribution in [0.5, 0.6) is 11.5 Å². The van der Waals surface area contributed by atoms with Crippen LogP contribution in [0.2, 0.25) is 0 Å². The van der Waals surface area contributed by atoms with Gasteiger partial charge in [0.2, 0.25) is 0 Å². The van der Waals surface area contributed by atoms with Crippen LogP contribution >= 0.6 is 0 Å². The zero-order chi connectivity index (χ0) is 15.1. The van der Waals surface area contributed by atoms with Crippen molar-refractivity contribution in [1.29, 1.82) is 0 Å². The Hall–Kier alpha value is -2.07. The predicted octanol–water partition coefficient (Wildman–Crippen LogP) is 0.775. The number of aromatic nitrogens is 1. The maximum absolute atomic E-state index is 5.49. The number of likely N-dealkylation sites (N-methyl/N-ethyl adjacent to an activating group) is 1. The SMILES string of the molecule is COc1cccc(C[NH+](C)CCc2cccc[nH+]2)c1OC. The minimum Gasteiger partial charge on any atom is -0.493 e. The van der Waals surface area contributed by atoms with Gasteiger partial charge in [-0.3, -0.25) is 0 Å². The van der Waals surface area contributed by atoms with E-state index in [1.165, 1.54) is 16.2 Å². The monoisotopic (exact) mass is 288 g/mol. The second-order valence-corrected chi connectivity index (χ2v) is 5.17. The van der Waals surface area contributed by atoms with Gasteiger partial charge in [0.25, 0.3) is 0 Å². The van der Waals surface area contributed by atoms with Crippen molar-refractivity contribution in [3.8, 4) is 11.5 Å². The van der Waals surface area contributed by atoms with Crippen LogP contribution in [-0.4, -0.2) is 27.8 Å². The Morgan fingerprint density at radius 3 is 2.57 bits per heavy atom. The number of para-hydroxylation sites is 1. The first-order valence-electron chi connectivity index (χ1n) is 7.21. The van der Waals surface area contributed by atoms with Crippen LogP contribution in [0, 0.1) is 0 Å². The Morgan fingerprint density at radius 1 is 1.05 bits per heavy atom. The molecule has 1 unspecified atom stereocenters. The topological polar surface area (TPSA) is 37.0 Å². The molecule has 112 valence electrons. The van der Waals surface area contributed by atoms with Crippen LogP contribution in [0.1, 0.15) is 11.3 Å². The first-order valence-corrected chi connectivity index (χ1v) is 7.21. The Labute approximate surface area is 126 Å². The number of pyridine rings is 1. The largest absolute Gasteiger partial charge is 0.493 e. The summed E-state index contributed by atoms with van der Waals surface area (Å²) in [6.45, 7) is 1.97. The summed E-state index contributed by atoms with van der Waals surface area (Å²) in [6.07, 6.45) is 2.99. The number of nitrogens with one attached hydrogen (secondary N) is 2. The second kappa shape index (κ2) is 7.64. The standard InChI is InChI=1S/C17H22N2O2/c1-19(12-10-15-8-4-5-11-18-15)13-14-7-6-9-16(20-2)17(14)21-3/h4-9,11H,10,12-13H2,1-3H3/p+2. The van der Waals surface area contributed by atoms with E-state index < -0.39 is 0 Å². The van der Waals surface area contributed by atoms with Gasteiger partial charge >= 0.3 is 0 Å². The van der Waals surface area contributed by atoms with E-state index in [-0.39, 0.29) is 0 Å². The van der Waals surface area contributed by atoms with Crippen LogP contribution in [0.15, 0.2) is 42.6 Å². The van der Waals surface area contributed by atoms with Crippen molar-refractivity contribution in [2.24, 2.45) is 0 Å². The van der Waals surface area contributed by atoms with Crippen molar-refractivity contribution in [1.82, 2.24) is 0 Å². The highest BCUT2D eigenvalue weighted by Crippen LogP contribution is 2.29. The molecular formula is C17H24N2O2+2. The maximum Gasteiger partial charge on any atom is 0.185 e. The van der Waals surface area contributed by atoms with Gasteiger partial charge in [-0.25, -0.2) is 4.98 Å². The minimum atomic E-state index is 0.791. The van der Waals surface area contributed by atoms with E-state index in [2.05, 4.69) is 30.2 Å². The lowest BCUT2D eigenvalue weighted by molar-refractivity contribution is -0.893. The highest BCUT2D eigenvalue weighted by molar-refractivity contribution is 5.46. The van der Waals surface area contributed by atoms with Gasteiger partial charge in [0.05, 0.1) is 39.8 Å². The van der Waals surface area contributed by atoms with Crippen molar-refractivity contribution < 1.29 is 19.4 Å². The van der Waals surface area contributed by atoms with Crippen LogP contribution in [0.25, 0.3) is 0 Å². The first-order chi connectivity index (χ1) is 10.2. The third kappa shape index (κ3) is 4.20. The van der Waals surface area contributed by atoms with Gasteiger partial charge in [0.15, 0.2) is 23.4 Å². The number of H-pyrrole nitrogens is 1. The van der Waals surface area contributed by atoms with E-state index in [4.69, 9.17) is 9.47 Å². The molecule has 0 spiro atoms. The molecule has 0 aliphatic heterocycles.